The van der Waals surface area contributed by atoms with Crippen LogP contribution in [0.2, 0.25) is 0 Å². The predicted octanol–water partition coefficient (Wildman–Crippen LogP) is 2.57. The molecule has 2 aromatic carbocycles. The number of nitrogens with zero attached hydrogens (tertiary/aromatic N) is 4. The zero-order valence-corrected chi connectivity index (χ0v) is 16.5. The average molecular weight is 396 g/mol. The molecular weight excluding hydrogens is 376 g/mol. The summed E-state index contributed by atoms with van der Waals surface area (Å²) < 4.78 is 1.58. The van der Waals surface area contributed by atoms with Crippen molar-refractivity contribution in [3.8, 4) is 5.69 Å². The van der Waals surface area contributed by atoms with E-state index in [4.69, 9.17) is 0 Å². The molecule has 0 bridgehead atoms. The van der Waals surface area contributed by atoms with Crippen LogP contribution in [0.3, 0.4) is 0 Å². The number of nitrogens with one attached hydrogen (secondary N) is 2. The van der Waals surface area contributed by atoms with Gasteiger partial charge in [-0.2, -0.15) is 4.68 Å². The maximum absolute atomic E-state index is 12.7. The van der Waals surface area contributed by atoms with E-state index in [2.05, 4.69) is 26.2 Å². The highest BCUT2D eigenvalue weighted by Crippen LogP contribution is 2.35. The molecule has 3 rings (SSSR count). The molecule has 0 fully saturated rings. The van der Waals surface area contributed by atoms with E-state index in [-0.39, 0.29) is 0 Å². The Labute approximate surface area is 166 Å². The summed E-state index contributed by atoms with van der Waals surface area (Å²) in [4.78, 5) is 24.3. The van der Waals surface area contributed by atoms with E-state index in [0.29, 0.717) is 5.16 Å². The fourth-order valence-electron chi connectivity index (χ4n) is 2.52. The fraction of sp³-hybridized carbons (Fsp3) is 0.211. The van der Waals surface area contributed by atoms with E-state index in [1.165, 1.54) is 18.8 Å². The lowest BCUT2D eigenvalue weighted by Crippen LogP contribution is -2.39. The van der Waals surface area contributed by atoms with Crippen molar-refractivity contribution in [1.29, 1.82) is 0 Å². The quantitative estimate of drug-likeness (QED) is 0.643. The molecule has 1 heterocycles. The second-order valence-corrected chi connectivity index (χ2v) is 7.19. The van der Waals surface area contributed by atoms with Crippen molar-refractivity contribution < 1.29 is 9.59 Å². The molecule has 2 N–H and O–H groups in total. The summed E-state index contributed by atoms with van der Waals surface area (Å²) in [6.07, 6.45) is 0. The first-order valence-electron chi connectivity index (χ1n) is 8.59. The molecule has 0 radical (unpaired) electrons. The van der Waals surface area contributed by atoms with Crippen LogP contribution in [0, 0.1) is 13.8 Å². The molecular formula is C19H20N6O2S. The van der Waals surface area contributed by atoms with E-state index in [9.17, 15) is 9.59 Å². The molecule has 0 saturated carbocycles. The second kappa shape index (κ2) is 8.66. The summed E-state index contributed by atoms with van der Waals surface area (Å²) in [5.74, 6) is -0.454. The van der Waals surface area contributed by atoms with Crippen LogP contribution in [0.4, 0.5) is 4.79 Å². The minimum Gasteiger partial charge on any atom is -0.341 e. The molecule has 0 unspecified atom stereocenters. The number of carbonyl (C=O) groups excluding carboxylic acids is 2. The summed E-state index contributed by atoms with van der Waals surface area (Å²) in [5.41, 5.74) is 3.82. The first kappa shape index (κ1) is 19.6. The predicted molar refractivity (Wildman–Crippen MR) is 106 cm³/mol. The van der Waals surface area contributed by atoms with Crippen LogP contribution in [0.25, 0.3) is 5.69 Å². The molecule has 0 spiro atoms. The summed E-state index contributed by atoms with van der Waals surface area (Å²) >= 11 is 1.18. The zero-order chi connectivity index (χ0) is 20.1. The molecule has 28 heavy (non-hydrogen) atoms. The number of hydrogen-bond donors (Lipinski definition) is 2. The van der Waals surface area contributed by atoms with Crippen LogP contribution in [0.1, 0.15) is 21.9 Å². The Hall–Kier alpha value is -3.20. The Balaban J connectivity index is 1.94. The van der Waals surface area contributed by atoms with Crippen LogP contribution in [0.15, 0.2) is 53.7 Å². The second-order valence-electron chi connectivity index (χ2n) is 6.12. The highest BCUT2D eigenvalue weighted by Gasteiger charge is 2.26. The van der Waals surface area contributed by atoms with Gasteiger partial charge in [-0.05, 0) is 53.1 Å². The Morgan fingerprint density at radius 2 is 1.82 bits per heavy atom. The number of urea groups is 1. The van der Waals surface area contributed by atoms with Crippen molar-refractivity contribution in [3.63, 3.8) is 0 Å². The van der Waals surface area contributed by atoms with Crippen LogP contribution in [-0.2, 0) is 4.79 Å². The molecule has 1 aromatic heterocycles. The first-order valence-corrected chi connectivity index (χ1v) is 9.47. The van der Waals surface area contributed by atoms with E-state index < -0.39 is 17.2 Å². The summed E-state index contributed by atoms with van der Waals surface area (Å²) in [6.45, 7) is 4.04. The van der Waals surface area contributed by atoms with Gasteiger partial charge < -0.3 is 5.32 Å². The van der Waals surface area contributed by atoms with Gasteiger partial charge >= 0.3 is 6.03 Å². The largest absolute Gasteiger partial charge is 0.341 e. The highest BCUT2D eigenvalue weighted by atomic mass is 32.2. The van der Waals surface area contributed by atoms with Crippen molar-refractivity contribution in [2.24, 2.45) is 0 Å². The maximum Gasteiger partial charge on any atom is 0.321 e. The summed E-state index contributed by atoms with van der Waals surface area (Å²) in [7, 11) is 1.45. The molecule has 1 atom stereocenters. The lowest BCUT2D eigenvalue weighted by molar-refractivity contribution is -0.119. The molecule has 144 valence electrons. The Morgan fingerprint density at radius 1 is 1.07 bits per heavy atom. The van der Waals surface area contributed by atoms with E-state index in [1.807, 2.05) is 62.4 Å². The lowest BCUT2D eigenvalue weighted by Gasteiger charge is -2.16. The summed E-state index contributed by atoms with van der Waals surface area (Å²) in [5, 5.41) is 16.4. The number of amides is 3. The molecule has 9 heteroatoms. The normalized spacial score (nSPS) is 11.7. The Kier molecular flexibility index (Phi) is 6.05. The van der Waals surface area contributed by atoms with E-state index >= 15 is 0 Å². The molecule has 8 nitrogen and oxygen atoms in total. The number of aromatic nitrogens is 4. The number of carbonyl (C=O) groups is 2. The molecule has 3 aromatic rings. The van der Waals surface area contributed by atoms with Crippen LogP contribution in [-0.4, -0.2) is 39.2 Å². The molecule has 0 aliphatic rings. The van der Waals surface area contributed by atoms with Gasteiger partial charge in [0, 0.05) is 7.05 Å². The topological polar surface area (TPSA) is 102 Å². The molecule has 0 aliphatic heterocycles. The van der Waals surface area contributed by atoms with Gasteiger partial charge in [0.2, 0.25) is 11.1 Å². The smallest absolute Gasteiger partial charge is 0.321 e. The van der Waals surface area contributed by atoms with E-state index in [0.717, 1.165) is 22.4 Å². The number of imide groups is 1. The minimum atomic E-state index is -0.699. The number of aryl methyl sites for hydroxylation is 2. The van der Waals surface area contributed by atoms with Crippen molar-refractivity contribution in [2.75, 3.05) is 7.05 Å². The zero-order valence-electron chi connectivity index (χ0n) is 15.7. The van der Waals surface area contributed by atoms with Crippen LogP contribution >= 0.6 is 11.8 Å². The highest BCUT2D eigenvalue weighted by molar-refractivity contribution is 8.00. The molecule has 0 aliphatic carbocycles. The SMILES string of the molecule is CNC(=O)NC(=O)[C@H](Sc1nnnn1-c1ccc(C)c(C)c1)c1ccccc1. The summed E-state index contributed by atoms with van der Waals surface area (Å²) in [6, 6.07) is 14.5. The Morgan fingerprint density at radius 3 is 2.50 bits per heavy atom. The number of tetrazole rings is 1. The third-order valence-corrected chi connectivity index (χ3v) is 5.39. The third-order valence-electron chi connectivity index (χ3n) is 4.20. The van der Waals surface area contributed by atoms with Gasteiger partial charge in [0.25, 0.3) is 0 Å². The van der Waals surface area contributed by atoms with Gasteiger partial charge in [-0.1, -0.05) is 48.2 Å². The van der Waals surface area contributed by atoms with Gasteiger partial charge in [-0.25, -0.2) is 4.79 Å². The third kappa shape index (κ3) is 4.37. The van der Waals surface area contributed by atoms with Gasteiger partial charge in [0.1, 0.15) is 5.25 Å². The van der Waals surface area contributed by atoms with Crippen LogP contribution in [0.5, 0.6) is 0 Å². The molecule has 3 amide bonds. The van der Waals surface area contributed by atoms with Crippen molar-refractivity contribution >= 4 is 23.7 Å². The molecule has 0 saturated heterocycles. The van der Waals surface area contributed by atoms with Crippen molar-refractivity contribution in [1.82, 2.24) is 30.8 Å². The van der Waals surface area contributed by atoms with Crippen LogP contribution < -0.4 is 10.6 Å². The maximum atomic E-state index is 12.7. The van der Waals surface area contributed by atoms with Gasteiger partial charge in [0.05, 0.1) is 5.69 Å². The number of hydrogen-bond acceptors (Lipinski definition) is 6. The van der Waals surface area contributed by atoms with E-state index in [1.54, 1.807) is 4.68 Å². The van der Waals surface area contributed by atoms with Gasteiger partial charge in [-0.3, -0.25) is 10.1 Å². The first-order chi connectivity index (χ1) is 13.5. The monoisotopic (exact) mass is 396 g/mol. The minimum absolute atomic E-state index is 0.448. The van der Waals surface area contributed by atoms with Crippen molar-refractivity contribution in [3.05, 3.63) is 65.2 Å². The van der Waals surface area contributed by atoms with Crippen molar-refractivity contribution in [2.45, 2.75) is 24.3 Å². The number of thioether (sulfide) groups is 1. The Bertz CT molecular complexity index is 989. The standard InChI is InChI=1S/C19H20N6O2S/c1-12-9-10-15(11-13(12)2)25-19(22-23-24-25)28-16(14-7-5-4-6-8-14)17(26)21-18(27)20-3/h4-11,16H,1-3H3,(H2,20,21,26,27)/t16-/m1/s1. The fourth-order valence-corrected chi connectivity index (χ4v) is 3.51. The lowest BCUT2D eigenvalue weighted by atomic mass is 10.1. The average Bonchev–Trinajstić information content (AvgIpc) is 3.17. The number of rotatable bonds is 5. The van der Waals surface area contributed by atoms with Gasteiger partial charge in [-0.15, -0.1) is 5.10 Å². The van der Waals surface area contributed by atoms with Gasteiger partial charge in [0.15, 0.2) is 0 Å². The number of benzene rings is 2.